The van der Waals surface area contributed by atoms with E-state index in [1.807, 2.05) is 0 Å². The molecule has 0 heterocycles. The first kappa shape index (κ1) is 14.4. The minimum atomic E-state index is -0.789. The highest BCUT2D eigenvalue weighted by Gasteiger charge is 2.32. The highest BCUT2D eigenvalue weighted by molar-refractivity contribution is 9.10. The number of nitrogens with one attached hydrogen (secondary N) is 1. The first-order valence-corrected chi connectivity index (χ1v) is 6.97. The van der Waals surface area contributed by atoms with Gasteiger partial charge in [-0.05, 0) is 47.3 Å². The van der Waals surface area contributed by atoms with Crippen LogP contribution in [0.25, 0.3) is 0 Å². The van der Waals surface area contributed by atoms with E-state index in [-0.39, 0.29) is 27.9 Å². The molecule has 0 aromatic heterocycles. The van der Waals surface area contributed by atoms with Gasteiger partial charge >= 0.3 is 0 Å². The van der Waals surface area contributed by atoms with E-state index in [0.717, 1.165) is 31.4 Å². The van der Waals surface area contributed by atoms with Crippen LogP contribution in [0.1, 0.15) is 19.3 Å². The monoisotopic (exact) mass is 332 g/mol. The fraction of sp³-hybridized carbons (Fsp3) is 0.462. The van der Waals surface area contributed by atoms with Crippen LogP contribution < -0.4 is 11.1 Å². The van der Waals surface area contributed by atoms with E-state index in [2.05, 4.69) is 21.2 Å². The topological polar surface area (TPSA) is 55.1 Å². The van der Waals surface area contributed by atoms with Gasteiger partial charge in [0.15, 0.2) is 5.82 Å². The van der Waals surface area contributed by atoms with E-state index in [9.17, 15) is 13.6 Å². The number of carbonyl (C=O) groups excluding carboxylic acids is 1. The Morgan fingerprint density at radius 2 is 2.16 bits per heavy atom. The van der Waals surface area contributed by atoms with Gasteiger partial charge in [0.1, 0.15) is 5.82 Å². The molecule has 1 aromatic rings. The van der Waals surface area contributed by atoms with Crippen LogP contribution in [0.2, 0.25) is 0 Å². The molecule has 1 amide bonds. The highest BCUT2D eigenvalue weighted by atomic mass is 79.9. The van der Waals surface area contributed by atoms with E-state index in [0.29, 0.717) is 6.54 Å². The van der Waals surface area contributed by atoms with Crippen molar-refractivity contribution in [2.24, 2.45) is 17.6 Å². The number of nitrogens with two attached hydrogens (primary N) is 1. The second-order valence-electron chi connectivity index (χ2n) is 4.77. The predicted molar refractivity (Wildman–Crippen MR) is 72.6 cm³/mol. The number of halogens is 3. The Morgan fingerprint density at radius 3 is 2.79 bits per heavy atom. The zero-order valence-electron chi connectivity index (χ0n) is 10.3. The molecule has 104 valence electrons. The van der Waals surface area contributed by atoms with Crippen molar-refractivity contribution in [2.45, 2.75) is 19.3 Å². The second kappa shape index (κ2) is 5.96. The van der Waals surface area contributed by atoms with E-state index in [1.54, 1.807) is 0 Å². The van der Waals surface area contributed by atoms with Gasteiger partial charge in [-0.1, -0.05) is 6.42 Å². The minimum Gasteiger partial charge on any atom is -0.330 e. The minimum absolute atomic E-state index is 0.0194. The molecule has 2 rings (SSSR count). The zero-order chi connectivity index (χ0) is 14.0. The summed E-state index contributed by atoms with van der Waals surface area (Å²) in [6.07, 6.45) is 2.63. The molecule has 1 saturated carbocycles. The van der Waals surface area contributed by atoms with Crippen molar-refractivity contribution in [1.29, 1.82) is 0 Å². The van der Waals surface area contributed by atoms with Crippen LogP contribution >= 0.6 is 15.9 Å². The van der Waals surface area contributed by atoms with Crippen molar-refractivity contribution in [3.63, 3.8) is 0 Å². The molecule has 0 bridgehead atoms. The smallest absolute Gasteiger partial charge is 0.227 e. The molecule has 1 aliphatic carbocycles. The van der Waals surface area contributed by atoms with Gasteiger partial charge in [-0.3, -0.25) is 4.79 Å². The predicted octanol–water partition coefficient (Wildman–Crippen LogP) is 3.04. The Morgan fingerprint density at radius 1 is 1.42 bits per heavy atom. The molecule has 1 aliphatic rings. The molecular weight excluding hydrogens is 318 g/mol. The molecule has 0 radical (unpaired) electrons. The van der Waals surface area contributed by atoms with Crippen molar-refractivity contribution in [1.82, 2.24) is 0 Å². The van der Waals surface area contributed by atoms with E-state index in [1.165, 1.54) is 0 Å². The highest BCUT2D eigenvalue weighted by Crippen LogP contribution is 2.33. The molecule has 1 aromatic carbocycles. The third-order valence-corrected chi connectivity index (χ3v) is 4.18. The van der Waals surface area contributed by atoms with Crippen LogP contribution in [0.5, 0.6) is 0 Å². The van der Waals surface area contributed by atoms with Crippen molar-refractivity contribution >= 4 is 27.5 Å². The lowest BCUT2D eigenvalue weighted by atomic mass is 9.95. The Kier molecular flexibility index (Phi) is 4.52. The number of benzene rings is 1. The molecular formula is C13H15BrF2N2O. The summed E-state index contributed by atoms with van der Waals surface area (Å²) in [6.45, 7) is 0.450. The lowest BCUT2D eigenvalue weighted by molar-refractivity contribution is -0.120. The summed E-state index contributed by atoms with van der Waals surface area (Å²) in [7, 11) is 0. The maximum absolute atomic E-state index is 13.6. The fourth-order valence-corrected chi connectivity index (χ4v) is 3.05. The van der Waals surface area contributed by atoms with Crippen molar-refractivity contribution < 1.29 is 13.6 Å². The average molecular weight is 333 g/mol. The maximum Gasteiger partial charge on any atom is 0.227 e. The van der Waals surface area contributed by atoms with E-state index >= 15 is 0 Å². The van der Waals surface area contributed by atoms with Crippen LogP contribution in [-0.2, 0) is 4.79 Å². The van der Waals surface area contributed by atoms with Crippen LogP contribution in [0.15, 0.2) is 16.6 Å². The molecule has 3 nitrogen and oxygen atoms in total. The molecule has 1 fully saturated rings. The summed E-state index contributed by atoms with van der Waals surface area (Å²) < 4.78 is 26.8. The SMILES string of the molecule is NCC1CCCC1C(=O)Nc1c(F)cc(F)cc1Br. The largest absolute Gasteiger partial charge is 0.330 e. The Labute approximate surface area is 118 Å². The fourth-order valence-electron chi connectivity index (χ4n) is 2.54. The summed E-state index contributed by atoms with van der Waals surface area (Å²) in [5.41, 5.74) is 5.60. The van der Waals surface area contributed by atoms with E-state index < -0.39 is 11.6 Å². The van der Waals surface area contributed by atoms with Crippen LogP contribution in [0.3, 0.4) is 0 Å². The Hall–Kier alpha value is -1.01. The molecule has 0 spiro atoms. The van der Waals surface area contributed by atoms with Gasteiger partial charge in [-0.2, -0.15) is 0 Å². The summed E-state index contributed by atoms with van der Waals surface area (Å²) >= 11 is 3.05. The summed E-state index contributed by atoms with van der Waals surface area (Å²) in [4.78, 5) is 12.1. The third-order valence-electron chi connectivity index (χ3n) is 3.55. The first-order valence-electron chi connectivity index (χ1n) is 6.18. The molecule has 3 N–H and O–H groups in total. The van der Waals surface area contributed by atoms with Gasteiger partial charge in [-0.25, -0.2) is 8.78 Å². The van der Waals surface area contributed by atoms with Crippen LogP contribution in [0.4, 0.5) is 14.5 Å². The second-order valence-corrected chi connectivity index (χ2v) is 5.62. The Balaban J connectivity index is 2.15. The number of anilines is 1. The molecule has 2 atom stereocenters. The standard InChI is InChI=1S/C13H15BrF2N2O/c14-10-4-8(15)5-11(16)12(10)18-13(19)9-3-1-2-7(9)6-17/h4-5,7,9H,1-3,6,17H2,(H,18,19). The number of amides is 1. The van der Waals surface area contributed by atoms with Gasteiger partial charge in [0.2, 0.25) is 5.91 Å². The average Bonchev–Trinajstić information content (AvgIpc) is 2.81. The number of hydrogen-bond donors (Lipinski definition) is 2. The summed E-state index contributed by atoms with van der Waals surface area (Å²) in [6, 6.07) is 1.86. The summed E-state index contributed by atoms with van der Waals surface area (Å²) in [5.74, 6) is -1.78. The normalized spacial score (nSPS) is 22.5. The molecule has 0 saturated heterocycles. The van der Waals surface area contributed by atoms with Gasteiger partial charge in [0.25, 0.3) is 0 Å². The van der Waals surface area contributed by atoms with E-state index in [4.69, 9.17) is 5.73 Å². The zero-order valence-corrected chi connectivity index (χ0v) is 11.8. The lowest BCUT2D eigenvalue weighted by Gasteiger charge is -2.18. The quantitative estimate of drug-likeness (QED) is 0.893. The Bertz CT molecular complexity index is 473. The molecule has 2 unspecified atom stereocenters. The lowest BCUT2D eigenvalue weighted by Crippen LogP contribution is -2.30. The summed E-state index contributed by atoms with van der Waals surface area (Å²) in [5, 5.41) is 2.53. The van der Waals surface area contributed by atoms with Gasteiger partial charge < -0.3 is 11.1 Å². The first-order chi connectivity index (χ1) is 9.02. The molecule has 19 heavy (non-hydrogen) atoms. The van der Waals surface area contributed by atoms with Crippen molar-refractivity contribution in [2.75, 3.05) is 11.9 Å². The van der Waals surface area contributed by atoms with Crippen molar-refractivity contribution in [3.8, 4) is 0 Å². The van der Waals surface area contributed by atoms with Gasteiger partial charge in [0, 0.05) is 16.5 Å². The molecule has 0 aliphatic heterocycles. The van der Waals surface area contributed by atoms with Crippen molar-refractivity contribution in [3.05, 3.63) is 28.2 Å². The number of rotatable bonds is 3. The number of carbonyl (C=O) groups is 1. The third kappa shape index (κ3) is 3.12. The van der Waals surface area contributed by atoms with Gasteiger partial charge in [0.05, 0.1) is 5.69 Å². The van der Waals surface area contributed by atoms with Crippen LogP contribution in [-0.4, -0.2) is 12.5 Å². The van der Waals surface area contributed by atoms with Crippen LogP contribution in [0, 0.1) is 23.5 Å². The maximum atomic E-state index is 13.6. The molecule has 6 heteroatoms. The number of hydrogen-bond acceptors (Lipinski definition) is 2. The van der Waals surface area contributed by atoms with Gasteiger partial charge in [-0.15, -0.1) is 0 Å².